The molecule has 7 heteroatoms. The molecule has 0 aliphatic carbocycles. The van der Waals surface area contributed by atoms with Crippen LogP contribution < -0.4 is 15.2 Å². The van der Waals surface area contributed by atoms with Gasteiger partial charge in [0, 0.05) is 11.1 Å². The summed E-state index contributed by atoms with van der Waals surface area (Å²) in [7, 11) is -2.25. The van der Waals surface area contributed by atoms with Crippen LogP contribution in [0.3, 0.4) is 0 Å². The Kier molecular flexibility index (Phi) is 4.17. The van der Waals surface area contributed by atoms with Crippen molar-refractivity contribution in [2.45, 2.75) is 4.90 Å². The first-order chi connectivity index (χ1) is 9.42. The molecule has 0 bridgehead atoms. The van der Waals surface area contributed by atoms with Gasteiger partial charge in [-0.15, -0.1) is 0 Å². The van der Waals surface area contributed by atoms with E-state index in [0.29, 0.717) is 16.5 Å². The number of hydrogen-bond acceptors (Lipinski definition) is 4. The Morgan fingerprint density at radius 3 is 2.25 bits per heavy atom. The largest absolute Gasteiger partial charge is 0.457 e. The smallest absolute Gasteiger partial charge is 0.242 e. The van der Waals surface area contributed by atoms with E-state index in [2.05, 4.69) is 4.72 Å². The van der Waals surface area contributed by atoms with Crippen molar-refractivity contribution in [3.05, 3.63) is 47.5 Å². The summed E-state index contributed by atoms with van der Waals surface area (Å²) in [6.45, 7) is 0. The molecule has 2 rings (SSSR count). The maximum atomic E-state index is 11.7. The lowest BCUT2D eigenvalue weighted by Crippen LogP contribution is -2.19. The number of anilines is 1. The molecule has 0 saturated heterocycles. The summed E-state index contributed by atoms with van der Waals surface area (Å²) in [5.74, 6) is 1.03. The molecule has 106 valence electrons. The van der Waals surface area contributed by atoms with Crippen LogP contribution in [-0.2, 0) is 10.0 Å². The third-order valence-electron chi connectivity index (χ3n) is 2.59. The molecule has 2 aromatic carbocycles. The Bertz CT molecular complexity index is 715. The molecule has 0 saturated carbocycles. The second-order valence-corrected chi connectivity index (χ2v) is 6.25. The fourth-order valence-electron chi connectivity index (χ4n) is 1.58. The van der Waals surface area contributed by atoms with Gasteiger partial charge < -0.3 is 10.5 Å². The Morgan fingerprint density at radius 2 is 1.70 bits per heavy atom. The second kappa shape index (κ2) is 5.70. The molecule has 0 unspecified atom stereocenters. The van der Waals surface area contributed by atoms with Crippen LogP contribution in [0.4, 0.5) is 5.69 Å². The molecule has 0 radical (unpaired) electrons. The van der Waals surface area contributed by atoms with Crippen LogP contribution in [0.2, 0.25) is 5.02 Å². The predicted molar refractivity (Wildman–Crippen MR) is 78.6 cm³/mol. The summed E-state index contributed by atoms with van der Waals surface area (Å²) >= 11 is 5.78. The highest BCUT2D eigenvalue weighted by Gasteiger charge is 2.15. The summed E-state index contributed by atoms with van der Waals surface area (Å²) in [6.07, 6.45) is 0. The molecule has 0 aliphatic heterocycles. The van der Waals surface area contributed by atoms with E-state index < -0.39 is 10.0 Å². The Hall–Kier alpha value is -1.76. The van der Waals surface area contributed by atoms with Gasteiger partial charge in [-0.1, -0.05) is 11.6 Å². The van der Waals surface area contributed by atoms with E-state index in [1.54, 1.807) is 24.3 Å². The van der Waals surface area contributed by atoms with Crippen molar-refractivity contribution < 1.29 is 13.2 Å². The van der Waals surface area contributed by atoms with Gasteiger partial charge in [-0.25, -0.2) is 13.1 Å². The molecular weight excluding hydrogens is 300 g/mol. The molecule has 0 spiro atoms. The summed E-state index contributed by atoms with van der Waals surface area (Å²) in [6, 6.07) is 11.2. The zero-order valence-corrected chi connectivity index (χ0v) is 12.2. The molecule has 0 aliphatic rings. The van der Waals surface area contributed by atoms with Gasteiger partial charge in [-0.05, 0) is 43.4 Å². The number of rotatable bonds is 4. The minimum absolute atomic E-state index is 0.0171. The fourth-order valence-corrected chi connectivity index (χ4v) is 2.55. The maximum Gasteiger partial charge on any atom is 0.242 e. The first-order valence-corrected chi connectivity index (χ1v) is 7.55. The van der Waals surface area contributed by atoms with Crippen LogP contribution in [-0.4, -0.2) is 15.5 Å². The van der Waals surface area contributed by atoms with Crippen LogP contribution in [0.15, 0.2) is 47.4 Å². The summed E-state index contributed by atoms with van der Waals surface area (Å²) < 4.78 is 31.1. The predicted octanol–water partition coefficient (Wildman–Crippen LogP) is 2.62. The molecule has 0 aromatic heterocycles. The van der Waals surface area contributed by atoms with Crippen molar-refractivity contribution in [2.75, 3.05) is 12.8 Å². The number of halogens is 1. The third-order valence-corrected chi connectivity index (χ3v) is 4.33. The molecule has 0 amide bonds. The summed E-state index contributed by atoms with van der Waals surface area (Å²) in [5, 5.41) is 0.604. The van der Waals surface area contributed by atoms with Gasteiger partial charge in [0.1, 0.15) is 16.4 Å². The lowest BCUT2D eigenvalue weighted by Gasteiger charge is -2.10. The van der Waals surface area contributed by atoms with Gasteiger partial charge in [-0.3, -0.25) is 0 Å². The highest BCUT2D eigenvalue weighted by Crippen LogP contribution is 2.28. The van der Waals surface area contributed by atoms with Gasteiger partial charge in [0.2, 0.25) is 10.0 Å². The van der Waals surface area contributed by atoms with Gasteiger partial charge in [-0.2, -0.15) is 0 Å². The van der Waals surface area contributed by atoms with Crippen LogP contribution in [0.1, 0.15) is 0 Å². The maximum absolute atomic E-state index is 11.7. The summed E-state index contributed by atoms with van der Waals surface area (Å²) in [5.41, 5.74) is 5.86. The average molecular weight is 313 g/mol. The van der Waals surface area contributed by atoms with E-state index in [0.717, 1.165) is 0 Å². The van der Waals surface area contributed by atoms with Crippen LogP contribution in [0.25, 0.3) is 0 Å². The van der Waals surface area contributed by atoms with Gasteiger partial charge in [0.05, 0.1) is 5.69 Å². The lowest BCUT2D eigenvalue weighted by atomic mass is 10.3. The second-order valence-electron chi connectivity index (χ2n) is 3.96. The molecule has 3 N–H and O–H groups in total. The first-order valence-electron chi connectivity index (χ1n) is 5.69. The van der Waals surface area contributed by atoms with Crippen molar-refractivity contribution in [1.29, 1.82) is 0 Å². The average Bonchev–Trinajstić information content (AvgIpc) is 2.41. The molecule has 2 aromatic rings. The standard InChI is InChI=1S/C13H13ClN2O3S/c1-16-20(17,18)13-7-6-11(8-12(13)15)19-10-4-2-9(14)3-5-10/h2-8,16H,15H2,1H3. The summed E-state index contributed by atoms with van der Waals surface area (Å²) in [4.78, 5) is 0.0171. The molecule has 0 atom stereocenters. The number of nitrogens with two attached hydrogens (primary N) is 1. The number of sulfonamides is 1. The Labute approximate surface area is 122 Å². The Morgan fingerprint density at radius 1 is 1.10 bits per heavy atom. The zero-order chi connectivity index (χ0) is 14.8. The van der Waals surface area contributed by atoms with Crippen LogP contribution in [0.5, 0.6) is 11.5 Å². The van der Waals surface area contributed by atoms with Crippen molar-refractivity contribution in [1.82, 2.24) is 4.72 Å². The number of nitrogen functional groups attached to an aromatic ring is 1. The van der Waals surface area contributed by atoms with Crippen molar-refractivity contribution in [3.8, 4) is 11.5 Å². The van der Waals surface area contributed by atoms with E-state index in [1.807, 2.05) is 0 Å². The zero-order valence-electron chi connectivity index (χ0n) is 10.6. The van der Waals surface area contributed by atoms with E-state index in [9.17, 15) is 8.42 Å². The number of nitrogens with one attached hydrogen (secondary N) is 1. The van der Waals surface area contributed by atoms with Gasteiger partial charge in [0.15, 0.2) is 0 Å². The van der Waals surface area contributed by atoms with Crippen LogP contribution >= 0.6 is 11.6 Å². The highest BCUT2D eigenvalue weighted by molar-refractivity contribution is 7.89. The van der Waals surface area contributed by atoms with Gasteiger partial charge in [0.25, 0.3) is 0 Å². The lowest BCUT2D eigenvalue weighted by molar-refractivity contribution is 0.482. The normalized spacial score (nSPS) is 11.3. The van der Waals surface area contributed by atoms with Crippen molar-refractivity contribution in [3.63, 3.8) is 0 Å². The number of hydrogen-bond donors (Lipinski definition) is 2. The highest BCUT2D eigenvalue weighted by atomic mass is 35.5. The molecule has 0 heterocycles. The van der Waals surface area contributed by atoms with E-state index in [1.165, 1.54) is 25.2 Å². The Balaban J connectivity index is 2.28. The van der Waals surface area contributed by atoms with Gasteiger partial charge >= 0.3 is 0 Å². The molecule has 5 nitrogen and oxygen atoms in total. The molecule has 0 fully saturated rings. The number of benzene rings is 2. The monoisotopic (exact) mass is 312 g/mol. The van der Waals surface area contributed by atoms with Crippen molar-refractivity contribution >= 4 is 27.3 Å². The topological polar surface area (TPSA) is 81.4 Å². The van der Waals surface area contributed by atoms with Crippen LogP contribution in [0, 0.1) is 0 Å². The third kappa shape index (κ3) is 3.22. The van der Waals surface area contributed by atoms with E-state index in [-0.39, 0.29) is 10.6 Å². The van der Waals surface area contributed by atoms with E-state index >= 15 is 0 Å². The van der Waals surface area contributed by atoms with Crippen molar-refractivity contribution in [2.24, 2.45) is 0 Å². The molecule has 20 heavy (non-hydrogen) atoms. The minimum Gasteiger partial charge on any atom is -0.457 e. The minimum atomic E-state index is -3.57. The SMILES string of the molecule is CNS(=O)(=O)c1ccc(Oc2ccc(Cl)cc2)cc1N. The quantitative estimate of drug-likeness (QED) is 0.850. The number of ether oxygens (including phenoxy) is 1. The first kappa shape index (κ1) is 14.6. The fraction of sp³-hybridized carbons (Fsp3) is 0.0769. The van der Waals surface area contributed by atoms with E-state index in [4.69, 9.17) is 22.1 Å². The molecular formula is C13H13ClN2O3S.